The van der Waals surface area contributed by atoms with E-state index in [-0.39, 0.29) is 18.1 Å². The molecule has 0 aliphatic carbocycles. The molecule has 2 amide bonds. The van der Waals surface area contributed by atoms with Gasteiger partial charge < -0.3 is 24.6 Å². The van der Waals surface area contributed by atoms with Gasteiger partial charge in [-0.3, -0.25) is 4.79 Å². The monoisotopic (exact) mass is 583 g/mol. The minimum Gasteiger partial charge on any atom is -0.449 e. The largest absolute Gasteiger partial charge is 0.449 e. The fourth-order valence-electron chi connectivity index (χ4n) is 4.33. The predicted octanol–water partition coefficient (Wildman–Crippen LogP) is 5.70. The lowest BCUT2D eigenvalue weighted by atomic mass is 10.00. The molecule has 0 fully saturated rings. The quantitative estimate of drug-likeness (QED) is 0.253. The van der Waals surface area contributed by atoms with E-state index in [2.05, 4.69) is 15.3 Å². The van der Waals surface area contributed by atoms with Crippen molar-refractivity contribution in [1.29, 1.82) is 0 Å². The van der Waals surface area contributed by atoms with Gasteiger partial charge in [0.15, 0.2) is 5.16 Å². The Morgan fingerprint density at radius 1 is 1.18 bits per heavy atom. The predicted molar refractivity (Wildman–Crippen MR) is 161 cm³/mol. The van der Waals surface area contributed by atoms with Crippen LogP contribution in [0.1, 0.15) is 54.9 Å². The second-order valence-electron chi connectivity index (χ2n) is 10.9. The molecule has 3 heterocycles. The maximum absolute atomic E-state index is 13.6. The molecular weight excluding hydrogens is 546 g/mol. The summed E-state index contributed by atoms with van der Waals surface area (Å²) in [4.78, 5) is 39.5. The molecule has 0 saturated carbocycles. The Labute approximate surface area is 244 Å². The highest BCUT2D eigenvalue weighted by Crippen LogP contribution is 2.34. The third-order valence-electron chi connectivity index (χ3n) is 6.54. The smallest absolute Gasteiger partial charge is 0.407 e. The number of benzene rings is 1. The zero-order chi connectivity index (χ0) is 28.9. The standard InChI is InChI=1S/C29H37N5O4S2/c1-28(2,3)32-27(36)37-15-12-29(4,23-11-8-16-40-23)38-19-20-9-7-10-21(17-20)34-14-13-33(5)24-22(25(34)35)18-30-26(31-24)39-6/h7-11,16-18H,12-15,19H2,1-6H3,(H,32,36). The summed E-state index contributed by atoms with van der Waals surface area (Å²) in [6.45, 7) is 9.45. The number of hydrogen-bond acceptors (Lipinski definition) is 9. The topological polar surface area (TPSA) is 96.9 Å². The van der Waals surface area contributed by atoms with Crippen molar-refractivity contribution in [1.82, 2.24) is 15.3 Å². The number of aromatic nitrogens is 2. The molecule has 40 heavy (non-hydrogen) atoms. The van der Waals surface area contributed by atoms with Gasteiger partial charge in [0.1, 0.15) is 17.0 Å². The first-order valence-corrected chi connectivity index (χ1v) is 15.3. The van der Waals surface area contributed by atoms with Crippen LogP contribution in [0.25, 0.3) is 0 Å². The summed E-state index contributed by atoms with van der Waals surface area (Å²) in [6.07, 6.45) is 3.59. The number of fused-ring (bicyclic) bond motifs is 1. The number of alkyl carbamates (subject to hydrolysis) is 1. The van der Waals surface area contributed by atoms with Gasteiger partial charge in [-0.25, -0.2) is 14.8 Å². The molecular formula is C29H37N5O4S2. The van der Waals surface area contributed by atoms with E-state index in [1.54, 1.807) is 22.4 Å². The van der Waals surface area contributed by atoms with Crippen LogP contribution in [0.3, 0.4) is 0 Å². The Morgan fingerprint density at radius 2 is 1.98 bits per heavy atom. The Bertz CT molecular complexity index is 1330. The van der Waals surface area contributed by atoms with Crippen LogP contribution in [0.15, 0.2) is 53.1 Å². The van der Waals surface area contributed by atoms with Crippen LogP contribution in [0, 0.1) is 0 Å². The molecule has 2 aromatic heterocycles. The van der Waals surface area contributed by atoms with E-state index in [4.69, 9.17) is 9.47 Å². The van der Waals surface area contributed by atoms with Crippen LogP contribution >= 0.6 is 23.1 Å². The molecule has 0 saturated heterocycles. The zero-order valence-corrected chi connectivity index (χ0v) is 25.5. The van der Waals surface area contributed by atoms with E-state index in [0.717, 1.165) is 16.1 Å². The van der Waals surface area contributed by atoms with Crippen LogP contribution in [0.2, 0.25) is 0 Å². The minimum atomic E-state index is -0.654. The number of carbonyl (C=O) groups is 2. The van der Waals surface area contributed by atoms with Crippen molar-refractivity contribution in [3.63, 3.8) is 0 Å². The van der Waals surface area contributed by atoms with E-state index in [0.29, 0.717) is 42.7 Å². The first kappa shape index (κ1) is 29.8. The normalized spacial score (nSPS) is 15.3. The summed E-state index contributed by atoms with van der Waals surface area (Å²) < 4.78 is 12.0. The Hall–Kier alpha value is -3.15. The molecule has 1 aromatic carbocycles. The maximum Gasteiger partial charge on any atom is 0.407 e. The maximum atomic E-state index is 13.6. The summed E-state index contributed by atoms with van der Waals surface area (Å²) in [5, 5.41) is 5.46. The molecule has 9 nitrogen and oxygen atoms in total. The van der Waals surface area contributed by atoms with Gasteiger partial charge >= 0.3 is 6.09 Å². The lowest BCUT2D eigenvalue weighted by Crippen LogP contribution is -2.41. The summed E-state index contributed by atoms with van der Waals surface area (Å²) >= 11 is 3.06. The van der Waals surface area contributed by atoms with Crippen molar-refractivity contribution in [3.05, 3.63) is 64.0 Å². The van der Waals surface area contributed by atoms with Crippen molar-refractivity contribution >= 4 is 46.6 Å². The zero-order valence-electron chi connectivity index (χ0n) is 23.9. The van der Waals surface area contributed by atoms with Crippen molar-refractivity contribution in [2.75, 3.05) is 42.8 Å². The number of ether oxygens (including phenoxy) is 2. The summed E-state index contributed by atoms with van der Waals surface area (Å²) in [6, 6.07) is 11.9. The highest BCUT2D eigenvalue weighted by Gasteiger charge is 2.31. The number of rotatable bonds is 9. The van der Waals surface area contributed by atoms with E-state index < -0.39 is 11.7 Å². The van der Waals surface area contributed by atoms with Crippen LogP contribution in [-0.4, -0.2) is 60.5 Å². The van der Waals surface area contributed by atoms with Crippen molar-refractivity contribution in [2.45, 2.75) is 57.0 Å². The molecule has 1 N–H and O–H groups in total. The highest BCUT2D eigenvalue weighted by atomic mass is 32.2. The fraction of sp³-hybridized carbons (Fsp3) is 0.448. The number of anilines is 2. The fourth-order valence-corrected chi connectivity index (χ4v) is 5.54. The number of thioether (sulfide) groups is 1. The van der Waals surface area contributed by atoms with Gasteiger partial charge in [-0.15, -0.1) is 11.3 Å². The van der Waals surface area contributed by atoms with Gasteiger partial charge in [0.05, 0.1) is 13.2 Å². The van der Waals surface area contributed by atoms with Crippen molar-refractivity contribution < 1.29 is 19.1 Å². The van der Waals surface area contributed by atoms with Crippen LogP contribution < -0.4 is 15.1 Å². The van der Waals surface area contributed by atoms with E-state index in [9.17, 15) is 9.59 Å². The molecule has 11 heteroatoms. The number of nitrogens with one attached hydrogen (secondary N) is 1. The summed E-state index contributed by atoms with van der Waals surface area (Å²) in [7, 11) is 1.94. The minimum absolute atomic E-state index is 0.126. The SMILES string of the molecule is CSc1ncc2c(n1)N(C)CCN(c1cccc(COC(C)(CCOC(=O)NC(C)(C)C)c3cccs3)c1)C2=O. The number of likely N-dealkylation sites (N-methyl/N-ethyl adjacent to an activating group) is 1. The number of amides is 2. The van der Waals surface area contributed by atoms with Gasteiger partial charge in [0, 0.05) is 48.9 Å². The lowest BCUT2D eigenvalue weighted by Gasteiger charge is -2.30. The molecule has 1 unspecified atom stereocenters. The van der Waals surface area contributed by atoms with Gasteiger partial charge in [-0.1, -0.05) is 30.0 Å². The second kappa shape index (κ2) is 12.6. The molecule has 3 aromatic rings. The van der Waals surface area contributed by atoms with Gasteiger partial charge in [0.25, 0.3) is 5.91 Å². The highest BCUT2D eigenvalue weighted by molar-refractivity contribution is 7.98. The third kappa shape index (κ3) is 7.32. The Kier molecular flexibility index (Phi) is 9.37. The molecule has 0 radical (unpaired) electrons. The van der Waals surface area contributed by atoms with Gasteiger partial charge in [0.2, 0.25) is 0 Å². The van der Waals surface area contributed by atoms with E-state index in [1.165, 1.54) is 11.8 Å². The molecule has 0 spiro atoms. The summed E-state index contributed by atoms with van der Waals surface area (Å²) in [5.41, 5.74) is 1.19. The second-order valence-corrected chi connectivity index (χ2v) is 12.6. The summed E-state index contributed by atoms with van der Waals surface area (Å²) in [5.74, 6) is 0.524. The molecule has 214 valence electrons. The Balaban J connectivity index is 1.48. The first-order valence-electron chi connectivity index (χ1n) is 13.1. The van der Waals surface area contributed by atoms with Crippen LogP contribution in [0.5, 0.6) is 0 Å². The average Bonchev–Trinajstić information content (AvgIpc) is 3.43. The van der Waals surface area contributed by atoms with Crippen LogP contribution in [-0.2, 0) is 21.7 Å². The third-order valence-corrected chi connectivity index (χ3v) is 8.21. The van der Waals surface area contributed by atoms with Gasteiger partial charge in [-0.2, -0.15) is 0 Å². The molecule has 4 rings (SSSR count). The Morgan fingerprint density at radius 3 is 2.67 bits per heavy atom. The number of nitrogens with zero attached hydrogens (tertiary/aromatic N) is 4. The molecule has 1 aliphatic heterocycles. The molecule has 1 atom stereocenters. The average molecular weight is 584 g/mol. The molecule has 1 aliphatic rings. The van der Waals surface area contributed by atoms with Crippen LogP contribution in [0.4, 0.5) is 16.3 Å². The first-order chi connectivity index (χ1) is 19.0. The lowest BCUT2D eigenvalue weighted by molar-refractivity contribution is -0.0608. The number of thiophene rings is 1. The van der Waals surface area contributed by atoms with Crippen molar-refractivity contribution in [3.8, 4) is 0 Å². The molecule has 0 bridgehead atoms. The number of hydrogen-bond donors (Lipinski definition) is 1. The number of carbonyl (C=O) groups excluding carboxylic acids is 2. The van der Waals surface area contributed by atoms with Gasteiger partial charge in [-0.05, 0) is 63.1 Å². The van der Waals surface area contributed by atoms with E-state index in [1.807, 2.05) is 87.7 Å². The van der Waals surface area contributed by atoms with Crippen molar-refractivity contribution in [2.24, 2.45) is 0 Å². The van der Waals surface area contributed by atoms with E-state index >= 15 is 0 Å².